The molecule has 0 radical (unpaired) electrons. The second-order valence-corrected chi connectivity index (χ2v) is 21.2. The van der Waals surface area contributed by atoms with Crippen LogP contribution >= 0.6 is 0 Å². The molecule has 12 aromatic rings. The molecule has 1 fully saturated rings. The molecule has 1 aromatic heterocycles. The fourth-order valence-corrected chi connectivity index (χ4v) is 14.6. The van der Waals surface area contributed by atoms with Gasteiger partial charge in [0.1, 0.15) is 22.7 Å². The van der Waals surface area contributed by atoms with E-state index in [9.17, 15) is 0 Å². The van der Waals surface area contributed by atoms with Crippen molar-refractivity contribution >= 4 is 49.8 Å². The molecule has 4 aliphatic rings. The van der Waals surface area contributed by atoms with E-state index < -0.39 is 10.8 Å². The third-order valence-electron chi connectivity index (χ3n) is 17.6. The molecule has 0 bridgehead atoms. The summed E-state index contributed by atoms with van der Waals surface area (Å²) in [4.78, 5) is 2.63. The number of hydrogen-bond acceptors (Lipinski definition) is 3. The highest BCUT2D eigenvalue weighted by atomic mass is 16.5. The molecule has 2 heterocycles. The topological polar surface area (TPSA) is 25.6 Å². The quantitative estimate of drug-likeness (QED) is 0.166. The van der Waals surface area contributed by atoms with Gasteiger partial charge >= 0.3 is 0 Å². The number of hydrogen-bond donors (Lipinski definition) is 0. The summed E-state index contributed by atoms with van der Waals surface area (Å²) >= 11 is 0. The lowest BCUT2D eigenvalue weighted by molar-refractivity contribution is 0.400. The molecule has 1 aliphatic heterocycles. The number of ether oxygens (including phenoxy) is 1. The average Bonchev–Trinajstić information content (AvgIpc) is 4.26. The minimum absolute atomic E-state index is 0.300. The van der Waals surface area contributed by atoms with Gasteiger partial charge in [-0.1, -0.05) is 226 Å². The molecular weight excluding hydrogens is 911 g/mol. The Kier molecular flexibility index (Phi) is 9.25. The number of anilines is 3. The van der Waals surface area contributed by atoms with Crippen LogP contribution in [-0.4, -0.2) is 0 Å². The monoisotopic (exact) mass is 961 g/mol. The van der Waals surface area contributed by atoms with E-state index in [0.717, 1.165) is 74.1 Å². The van der Waals surface area contributed by atoms with Gasteiger partial charge in [0.25, 0.3) is 0 Å². The number of furan rings is 1. The number of rotatable bonds is 6. The standard InChI is InChI=1S/C72H51NO2/c1-3-23-46(24-4-1)56-44-49(45-63-69(56)75-67-42-22-19-39-62(67)72(63)59-36-16-11-31-53(59)54-32-12-17-37-60(54)72)73(65-43-47-25-7-8-28-50(47)70-68(65)55-33-13-21-41-66(55)74-70)64-40-20-18-38-61(64)71(48-26-5-2-6-27-48)57-34-14-9-29-51(57)52-30-10-15-35-58(52)71/h2,5-22,25-46H,1,3-4,23-24H2. The molecule has 0 atom stereocenters. The molecule has 1 spiro atoms. The predicted octanol–water partition coefficient (Wildman–Crippen LogP) is 19.1. The van der Waals surface area contributed by atoms with Gasteiger partial charge in [-0.25, -0.2) is 0 Å². The van der Waals surface area contributed by atoms with Crippen molar-refractivity contribution in [1.29, 1.82) is 0 Å². The van der Waals surface area contributed by atoms with Crippen molar-refractivity contribution in [2.75, 3.05) is 4.90 Å². The first-order valence-corrected chi connectivity index (χ1v) is 26.9. The fraction of sp³-hybridized carbons (Fsp3) is 0.111. The van der Waals surface area contributed by atoms with Crippen LogP contribution in [0.15, 0.2) is 247 Å². The lowest BCUT2D eigenvalue weighted by Crippen LogP contribution is -2.33. The Morgan fingerprint density at radius 3 is 1.61 bits per heavy atom. The summed E-state index contributed by atoms with van der Waals surface area (Å²) in [5, 5.41) is 4.39. The third kappa shape index (κ3) is 5.81. The van der Waals surface area contributed by atoms with Gasteiger partial charge in [0.05, 0.1) is 27.6 Å². The van der Waals surface area contributed by atoms with Crippen molar-refractivity contribution in [1.82, 2.24) is 0 Å². The van der Waals surface area contributed by atoms with Gasteiger partial charge in [0.2, 0.25) is 0 Å². The molecule has 0 saturated heterocycles. The van der Waals surface area contributed by atoms with E-state index in [1.807, 2.05) is 0 Å². The lowest BCUT2D eigenvalue weighted by Gasteiger charge is -2.42. The molecule has 1 saturated carbocycles. The molecule has 0 unspecified atom stereocenters. The predicted molar refractivity (Wildman–Crippen MR) is 306 cm³/mol. The van der Waals surface area contributed by atoms with Crippen LogP contribution in [0.4, 0.5) is 17.1 Å². The van der Waals surface area contributed by atoms with Gasteiger partial charge in [-0.3, -0.25) is 0 Å². The van der Waals surface area contributed by atoms with Crippen LogP contribution in [-0.2, 0) is 10.8 Å². The highest BCUT2D eigenvalue weighted by molar-refractivity contribution is 6.22. The highest BCUT2D eigenvalue weighted by Gasteiger charge is 2.53. The zero-order valence-electron chi connectivity index (χ0n) is 41.5. The van der Waals surface area contributed by atoms with Crippen LogP contribution in [0.1, 0.15) is 88.1 Å². The molecule has 0 amide bonds. The Hall–Kier alpha value is -8.92. The third-order valence-corrected chi connectivity index (χ3v) is 17.6. The minimum atomic E-state index is -0.690. The lowest BCUT2D eigenvalue weighted by atomic mass is 9.65. The van der Waals surface area contributed by atoms with Gasteiger partial charge in [-0.2, -0.15) is 0 Å². The molecule has 0 N–H and O–H groups in total. The smallest absolute Gasteiger partial charge is 0.145 e. The summed E-state index contributed by atoms with van der Waals surface area (Å²) in [6.45, 7) is 0. The SMILES string of the molecule is c1ccc(C2(c3ccccc3N(c3cc(C4CCCCC4)c4c(c3)C3(c5ccccc5O4)c4ccccc4-c4ccccc43)c3cc4ccccc4c4oc5ccccc5c34)c3ccccc3-c3ccccc32)cc1. The van der Waals surface area contributed by atoms with Gasteiger partial charge in [0.15, 0.2) is 0 Å². The summed E-state index contributed by atoms with van der Waals surface area (Å²) in [5.41, 5.74) is 19.9. The maximum absolute atomic E-state index is 7.52. The summed E-state index contributed by atoms with van der Waals surface area (Å²) in [5.74, 6) is 2.23. The number of benzene rings is 11. The Labute approximate surface area is 436 Å². The maximum Gasteiger partial charge on any atom is 0.145 e. The average molecular weight is 962 g/mol. The first-order valence-electron chi connectivity index (χ1n) is 26.9. The van der Waals surface area contributed by atoms with Crippen molar-refractivity contribution in [3.8, 4) is 33.8 Å². The zero-order chi connectivity index (χ0) is 49.2. The molecule has 11 aromatic carbocycles. The van der Waals surface area contributed by atoms with Crippen molar-refractivity contribution in [2.24, 2.45) is 0 Å². The van der Waals surface area contributed by atoms with Gasteiger partial charge in [-0.15, -0.1) is 0 Å². The number of para-hydroxylation sites is 3. The van der Waals surface area contributed by atoms with E-state index in [-0.39, 0.29) is 0 Å². The van der Waals surface area contributed by atoms with Crippen molar-refractivity contribution < 1.29 is 9.15 Å². The van der Waals surface area contributed by atoms with E-state index in [1.54, 1.807) is 0 Å². The van der Waals surface area contributed by atoms with Crippen molar-refractivity contribution in [2.45, 2.75) is 48.9 Å². The minimum Gasteiger partial charge on any atom is -0.456 e. The molecular formula is C72H51NO2. The van der Waals surface area contributed by atoms with E-state index in [0.29, 0.717) is 5.92 Å². The fourth-order valence-electron chi connectivity index (χ4n) is 14.6. The normalized spacial score (nSPS) is 15.5. The maximum atomic E-state index is 7.52. The molecule has 3 heteroatoms. The number of nitrogens with zero attached hydrogens (tertiary/aromatic N) is 1. The van der Waals surface area contributed by atoms with E-state index >= 15 is 0 Å². The van der Waals surface area contributed by atoms with Gasteiger partial charge < -0.3 is 14.1 Å². The first kappa shape index (κ1) is 42.6. The zero-order valence-corrected chi connectivity index (χ0v) is 41.5. The van der Waals surface area contributed by atoms with Gasteiger partial charge in [-0.05, 0) is 116 Å². The van der Waals surface area contributed by atoms with Crippen LogP contribution in [0.5, 0.6) is 11.5 Å². The number of fused-ring (bicyclic) bond motifs is 17. The Bertz CT molecular complexity index is 4200. The Morgan fingerprint density at radius 1 is 0.400 bits per heavy atom. The largest absolute Gasteiger partial charge is 0.456 e. The second kappa shape index (κ2) is 16.3. The van der Waals surface area contributed by atoms with Crippen LogP contribution in [0.25, 0.3) is 55.0 Å². The molecule has 3 aliphatic carbocycles. The van der Waals surface area contributed by atoms with E-state index in [1.165, 1.54) is 91.6 Å². The summed E-state index contributed by atoms with van der Waals surface area (Å²) in [6, 6.07) is 90.7. The van der Waals surface area contributed by atoms with E-state index in [4.69, 9.17) is 9.15 Å². The van der Waals surface area contributed by atoms with Gasteiger partial charge in [0, 0.05) is 33.2 Å². The van der Waals surface area contributed by atoms with Crippen molar-refractivity contribution in [3.63, 3.8) is 0 Å². The van der Waals surface area contributed by atoms with Crippen LogP contribution in [0, 0.1) is 0 Å². The molecule has 3 nitrogen and oxygen atoms in total. The Morgan fingerprint density at radius 2 is 0.933 bits per heavy atom. The van der Waals surface area contributed by atoms with Crippen LogP contribution < -0.4 is 9.64 Å². The van der Waals surface area contributed by atoms with Crippen LogP contribution in [0.3, 0.4) is 0 Å². The summed E-state index contributed by atoms with van der Waals surface area (Å²) in [7, 11) is 0. The Balaban J connectivity index is 1.09. The summed E-state index contributed by atoms with van der Waals surface area (Å²) in [6.07, 6.45) is 5.84. The first-order chi connectivity index (χ1) is 37.2. The molecule has 16 rings (SSSR count). The van der Waals surface area contributed by atoms with E-state index in [2.05, 4.69) is 248 Å². The highest BCUT2D eigenvalue weighted by Crippen LogP contribution is 2.65. The second-order valence-electron chi connectivity index (χ2n) is 21.2. The van der Waals surface area contributed by atoms with Crippen LogP contribution in [0.2, 0.25) is 0 Å². The summed E-state index contributed by atoms with van der Waals surface area (Å²) < 4.78 is 14.6. The molecule has 75 heavy (non-hydrogen) atoms. The van der Waals surface area contributed by atoms with Crippen molar-refractivity contribution in [3.05, 3.63) is 293 Å². The molecule has 356 valence electrons.